The minimum Gasteiger partial charge on any atom is -0.482 e. The number of rotatable bonds is 7. The van der Waals surface area contributed by atoms with E-state index in [1.165, 1.54) is 19.1 Å². The molecule has 0 saturated heterocycles. The summed E-state index contributed by atoms with van der Waals surface area (Å²) in [6.07, 6.45) is 0. The summed E-state index contributed by atoms with van der Waals surface area (Å²) in [5.41, 5.74) is 0.462. The van der Waals surface area contributed by atoms with Gasteiger partial charge in [0.05, 0.1) is 0 Å². The van der Waals surface area contributed by atoms with Gasteiger partial charge in [-0.2, -0.15) is 0 Å². The van der Waals surface area contributed by atoms with Crippen molar-refractivity contribution in [3.63, 3.8) is 0 Å². The van der Waals surface area contributed by atoms with Gasteiger partial charge in [0.15, 0.2) is 30.6 Å². The van der Waals surface area contributed by atoms with Crippen LogP contribution in [0.25, 0.3) is 0 Å². The van der Waals surface area contributed by atoms with Gasteiger partial charge in [-0.05, 0) is 31.2 Å². The summed E-state index contributed by atoms with van der Waals surface area (Å²) < 4.78 is 35.7. The Kier molecular flexibility index (Phi) is 6.37. The number of carbonyl (C=O) groups is 3. The molecule has 2 aromatic carbocycles. The fourth-order valence-corrected chi connectivity index (χ4v) is 1.91. The summed E-state index contributed by atoms with van der Waals surface area (Å²) in [5.74, 6) is -3.52. The van der Waals surface area contributed by atoms with E-state index in [-0.39, 0.29) is 11.5 Å². The predicted octanol–water partition coefficient (Wildman–Crippen LogP) is 2.73. The van der Waals surface area contributed by atoms with Crippen LogP contribution in [0.15, 0.2) is 42.5 Å². The van der Waals surface area contributed by atoms with Crippen molar-refractivity contribution in [2.45, 2.75) is 6.92 Å². The summed E-state index contributed by atoms with van der Waals surface area (Å²) in [7, 11) is 0. The zero-order chi connectivity index (χ0) is 19.1. The second-order valence-electron chi connectivity index (χ2n) is 5.21. The molecular formula is C18H15F2NO5. The van der Waals surface area contributed by atoms with Gasteiger partial charge in [-0.25, -0.2) is 13.6 Å². The molecule has 136 valence electrons. The first kappa shape index (κ1) is 19.0. The monoisotopic (exact) mass is 363 g/mol. The van der Waals surface area contributed by atoms with Crippen LogP contribution in [0.2, 0.25) is 0 Å². The van der Waals surface area contributed by atoms with Crippen LogP contribution < -0.4 is 10.1 Å². The fourth-order valence-electron chi connectivity index (χ4n) is 1.91. The molecule has 0 aliphatic heterocycles. The predicted molar refractivity (Wildman–Crippen MR) is 87.9 cm³/mol. The third-order valence-electron chi connectivity index (χ3n) is 3.16. The molecule has 0 aliphatic carbocycles. The number of halogens is 2. The van der Waals surface area contributed by atoms with E-state index in [0.717, 1.165) is 12.1 Å². The minimum atomic E-state index is -1.11. The zero-order valence-corrected chi connectivity index (χ0v) is 13.8. The van der Waals surface area contributed by atoms with Crippen molar-refractivity contribution < 1.29 is 32.6 Å². The lowest BCUT2D eigenvalue weighted by Gasteiger charge is -2.08. The number of hydrogen-bond acceptors (Lipinski definition) is 5. The lowest BCUT2D eigenvalue weighted by atomic mass is 10.1. The third-order valence-corrected chi connectivity index (χ3v) is 3.16. The lowest BCUT2D eigenvalue weighted by Crippen LogP contribution is -2.23. The van der Waals surface area contributed by atoms with E-state index in [1.54, 1.807) is 18.2 Å². The minimum absolute atomic E-state index is 0.0299. The van der Waals surface area contributed by atoms with E-state index in [4.69, 9.17) is 9.47 Å². The Morgan fingerprint density at radius 1 is 1.00 bits per heavy atom. The quantitative estimate of drug-likeness (QED) is 0.604. The van der Waals surface area contributed by atoms with E-state index in [0.29, 0.717) is 11.3 Å². The molecule has 0 aliphatic rings. The molecule has 0 aromatic heterocycles. The van der Waals surface area contributed by atoms with Crippen molar-refractivity contribution in [2.24, 2.45) is 0 Å². The molecule has 26 heavy (non-hydrogen) atoms. The van der Waals surface area contributed by atoms with Gasteiger partial charge in [-0.3, -0.25) is 9.59 Å². The van der Waals surface area contributed by atoms with Crippen molar-refractivity contribution in [1.82, 2.24) is 0 Å². The number of carbonyl (C=O) groups excluding carboxylic acids is 3. The molecule has 0 spiro atoms. The van der Waals surface area contributed by atoms with E-state index in [9.17, 15) is 23.2 Å². The fraction of sp³-hybridized carbons (Fsp3) is 0.167. The van der Waals surface area contributed by atoms with Gasteiger partial charge >= 0.3 is 5.97 Å². The second kappa shape index (κ2) is 8.70. The van der Waals surface area contributed by atoms with Crippen LogP contribution in [-0.4, -0.2) is 30.9 Å². The second-order valence-corrected chi connectivity index (χ2v) is 5.21. The van der Waals surface area contributed by atoms with Gasteiger partial charge in [-0.1, -0.05) is 12.1 Å². The number of esters is 1. The van der Waals surface area contributed by atoms with Gasteiger partial charge in [0.1, 0.15) is 5.75 Å². The van der Waals surface area contributed by atoms with Crippen LogP contribution in [0.1, 0.15) is 17.3 Å². The Morgan fingerprint density at radius 2 is 1.77 bits per heavy atom. The average Bonchev–Trinajstić information content (AvgIpc) is 2.61. The SMILES string of the molecule is CC(=O)c1cccc(OCC(=O)OCC(=O)Nc2ccc(F)c(F)c2)c1. The van der Waals surface area contributed by atoms with Gasteiger partial charge in [-0.15, -0.1) is 0 Å². The molecule has 0 unspecified atom stereocenters. The molecule has 0 saturated carbocycles. The zero-order valence-electron chi connectivity index (χ0n) is 13.8. The van der Waals surface area contributed by atoms with Crippen molar-refractivity contribution in [2.75, 3.05) is 18.5 Å². The molecule has 0 heterocycles. The third kappa shape index (κ3) is 5.66. The summed E-state index contributed by atoms with van der Waals surface area (Å²) in [4.78, 5) is 34.5. The maximum absolute atomic E-state index is 13.0. The number of amides is 1. The van der Waals surface area contributed by atoms with Crippen LogP contribution >= 0.6 is 0 Å². The van der Waals surface area contributed by atoms with Gasteiger partial charge < -0.3 is 14.8 Å². The Balaban J connectivity index is 1.77. The Labute approximate surface area is 147 Å². The number of Topliss-reactive ketones (excluding diaryl/α,β-unsaturated/α-hetero) is 1. The largest absolute Gasteiger partial charge is 0.482 e. The number of benzene rings is 2. The van der Waals surface area contributed by atoms with Gasteiger partial charge in [0.25, 0.3) is 5.91 Å². The number of ketones is 1. The first-order valence-corrected chi connectivity index (χ1v) is 7.49. The number of hydrogen-bond donors (Lipinski definition) is 1. The number of ether oxygens (including phenoxy) is 2. The van der Waals surface area contributed by atoms with E-state index in [2.05, 4.69) is 5.32 Å². The topological polar surface area (TPSA) is 81.7 Å². The van der Waals surface area contributed by atoms with Crippen LogP contribution in [0, 0.1) is 11.6 Å². The van der Waals surface area contributed by atoms with Gasteiger partial charge in [0, 0.05) is 17.3 Å². The van der Waals surface area contributed by atoms with Crippen molar-refractivity contribution >= 4 is 23.3 Å². The van der Waals surface area contributed by atoms with Crippen LogP contribution in [0.4, 0.5) is 14.5 Å². The first-order valence-electron chi connectivity index (χ1n) is 7.49. The van der Waals surface area contributed by atoms with Crippen LogP contribution in [0.3, 0.4) is 0 Å². The lowest BCUT2D eigenvalue weighted by molar-refractivity contribution is -0.149. The van der Waals surface area contributed by atoms with Gasteiger partial charge in [0.2, 0.25) is 0 Å². The highest BCUT2D eigenvalue weighted by Crippen LogP contribution is 2.14. The maximum atomic E-state index is 13.0. The summed E-state index contributed by atoms with van der Waals surface area (Å²) in [6.45, 7) is 0.327. The van der Waals surface area contributed by atoms with E-state index in [1.807, 2.05) is 0 Å². The molecule has 6 nitrogen and oxygen atoms in total. The normalized spacial score (nSPS) is 10.1. The molecule has 0 bridgehead atoms. The van der Waals surface area contributed by atoms with Crippen molar-refractivity contribution in [1.29, 1.82) is 0 Å². The summed E-state index contributed by atoms with van der Waals surface area (Å²) in [6, 6.07) is 9.09. The van der Waals surface area contributed by atoms with Crippen molar-refractivity contribution in [3.05, 3.63) is 59.7 Å². The molecular weight excluding hydrogens is 348 g/mol. The highest BCUT2D eigenvalue weighted by atomic mass is 19.2. The average molecular weight is 363 g/mol. The standard InChI is InChI=1S/C18H15F2NO5/c1-11(22)12-3-2-4-14(7-12)25-10-18(24)26-9-17(23)21-13-5-6-15(19)16(20)8-13/h2-8H,9-10H2,1H3,(H,21,23). The smallest absolute Gasteiger partial charge is 0.344 e. The number of anilines is 1. The molecule has 0 atom stereocenters. The Hall–Kier alpha value is -3.29. The highest BCUT2D eigenvalue weighted by molar-refractivity contribution is 5.94. The molecule has 8 heteroatoms. The maximum Gasteiger partial charge on any atom is 0.344 e. The Bertz CT molecular complexity index is 838. The first-order chi connectivity index (χ1) is 12.3. The van der Waals surface area contributed by atoms with E-state index >= 15 is 0 Å². The molecule has 0 fully saturated rings. The van der Waals surface area contributed by atoms with Crippen LogP contribution in [0.5, 0.6) is 5.75 Å². The molecule has 1 N–H and O–H groups in total. The molecule has 1 amide bonds. The molecule has 0 radical (unpaired) electrons. The Morgan fingerprint density at radius 3 is 2.46 bits per heavy atom. The number of nitrogens with one attached hydrogen (secondary N) is 1. The van der Waals surface area contributed by atoms with Crippen molar-refractivity contribution in [3.8, 4) is 5.75 Å². The molecule has 2 rings (SSSR count). The summed E-state index contributed by atoms with van der Waals surface area (Å²) >= 11 is 0. The van der Waals surface area contributed by atoms with Crippen LogP contribution in [-0.2, 0) is 14.3 Å². The molecule has 2 aromatic rings. The summed E-state index contributed by atoms with van der Waals surface area (Å²) in [5, 5.41) is 2.26. The highest BCUT2D eigenvalue weighted by Gasteiger charge is 2.11. The van der Waals surface area contributed by atoms with E-state index < -0.39 is 36.7 Å².